The SMILES string of the molecule is Cc1cccc2c1[C@@H](C(C)CCc1ccc3c(c1)[C@@H](C(C)C)C(=O)N3)C(=O)N2. The zero-order valence-corrected chi connectivity index (χ0v) is 17.0. The van der Waals surface area contributed by atoms with E-state index in [9.17, 15) is 9.59 Å². The molecule has 2 aromatic rings. The highest BCUT2D eigenvalue weighted by atomic mass is 16.2. The topological polar surface area (TPSA) is 58.2 Å². The summed E-state index contributed by atoms with van der Waals surface area (Å²) < 4.78 is 0. The molecule has 2 amide bonds. The Hall–Kier alpha value is -2.62. The van der Waals surface area contributed by atoms with Crippen LogP contribution in [0.2, 0.25) is 0 Å². The van der Waals surface area contributed by atoms with Crippen molar-refractivity contribution in [3.63, 3.8) is 0 Å². The Labute approximate surface area is 166 Å². The molecule has 2 N–H and O–H groups in total. The number of nitrogens with one attached hydrogen (secondary N) is 2. The summed E-state index contributed by atoms with van der Waals surface area (Å²) in [5, 5.41) is 6.04. The van der Waals surface area contributed by atoms with Crippen molar-refractivity contribution < 1.29 is 9.59 Å². The van der Waals surface area contributed by atoms with Crippen LogP contribution in [0.3, 0.4) is 0 Å². The van der Waals surface area contributed by atoms with Gasteiger partial charge < -0.3 is 10.6 Å². The first-order valence-corrected chi connectivity index (χ1v) is 10.2. The maximum Gasteiger partial charge on any atom is 0.232 e. The number of hydrogen-bond donors (Lipinski definition) is 2. The van der Waals surface area contributed by atoms with Crippen LogP contribution >= 0.6 is 0 Å². The summed E-state index contributed by atoms with van der Waals surface area (Å²) in [6, 6.07) is 12.4. The lowest BCUT2D eigenvalue weighted by Crippen LogP contribution is -2.20. The summed E-state index contributed by atoms with van der Waals surface area (Å²) in [6.45, 7) is 8.43. The van der Waals surface area contributed by atoms with Crippen molar-refractivity contribution in [1.29, 1.82) is 0 Å². The van der Waals surface area contributed by atoms with E-state index < -0.39 is 0 Å². The van der Waals surface area contributed by atoms with Crippen molar-refractivity contribution >= 4 is 23.2 Å². The normalized spacial score (nSPS) is 21.3. The van der Waals surface area contributed by atoms with Crippen LogP contribution in [-0.4, -0.2) is 11.8 Å². The Bertz CT molecular complexity index is 948. The Kier molecular flexibility index (Phi) is 4.74. The van der Waals surface area contributed by atoms with Crippen LogP contribution in [0, 0.1) is 18.8 Å². The molecular formula is C24H28N2O2. The van der Waals surface area contributed by atoms with Crippen molar-refractivity contribution in [1.82, 2.24) is 0 Å². The predicted molar refractivity (Wildman–Crippen MR) is 113 cm³/mol. The van der Waals surface area contributed by atoms with Gasteiger partial charge in [0.05, 0.1) is 11.8 Å². The van der Waals surface area contributed by atoms with E-state index >= 15 is 0 Å². The fourth-order valence-electron chi connectivity index (χ4n) is 4.80. The van der Waals surface area contributed by atoms with Crippen LogP contribution in [0.15, 0.2) is 36.4 Å². The summed E-state index contributed by atoms with van der Waals surface area (Å²) in [4.78, 5) is 24.8. The molecule has 4 nitrogen and oxygen atoms in total. The molecule has 4 rings (SSSR count). The van der Waals surface area contributed by atoms with Gasteiger partial charge in [-0.25, -0.2) is 0 Å². The van der Waals surface area contributed by atoms with E-state index in [1.54, 1.807) is 0 Å². The summed E-state index contributed by atoms with van der Waals surface area (Å²) in [6.07, 6.45) is 1.83. The molecule has 0 aliphatic carbocycles. The number of amides is 2. The first-order valence-electron chi connectivity index (χ1n) is 10.2. The molecule has 0 bridgehead atoms. The molecule has 3 atom stereocenters. The lowest BCUT2D eigenvalue weighted by Gasteiger charge is -2.20. The van der Waals surface area contributed by atoms with Gasteiger partial charge in [0, 0.05) is 11.4 Å². The summed E-state index contributed by atoms with van der Waals surface area (Å²) in [5.74, 6) is 0.582. The van der Waals surface area contributed by atoms with E-state index in [4.69, 9.17) is 0 Å². The van der Waals surface area contributed by atoms with Gasteiger partial charge in [0.25, 0.3) is 0 Å². The molecule has 0 aromatic heterocycles. The largest absolute Gasteiger partial charge is 0.325 e. The minimum Gasteiger partial charge on any atom is -0.325 e. The smallest absolute Gasteiger partial charge is 0.232 e. The van der Waals surface area contributed by atoms with E-state index in [2.05, 4.69) is 56.5 Å². The number of aryl methyl sites for hydroxylation is 2. The molecule has 28 heavy (non-hydrogen) atoms. The first-order chi connectivity index (χ1) is 13.4. The second-order valence-corrected chi connectivity index (χ2v) is 8.65. The number of carbonyl (C=O) groups is 2. The van der Waals surface area contributed by atoms with Crippen LogP contribution in [0.1, 0.15) is 61.3 Å². The van der Waals surface area contributed by atoms with Crippen molar-refractivity contribution in [2.45, 2.75) is 52.4 Å². The van der Waals surface area contributed by atoms with Crippen LogP contribution in [0.5, 0.6) is 0 Å². The lowest BCUT2D eigenvalue weighted by atomic mass is 9.82. The zero-order valence-electron chi connectivity index (χ0n) is 17.0. The molecule has 0 fully saturated rings. The monoisotopic (exact) mass is 376 g/mol. The Morgan fingerprint density at radius 3 is 2.39 bits per heavy atom. The molecule has 2 aliphatic heterocycles. The number of benzene rings is 2. The van der Waals surface area contributed by atoms with Gasteiger partial charge in [0.2, 0.25) is 11.8 Å². The summed E-state index contributed by atoms with van der Waals surface area (Å²) in [7, 11) is 0. The minimum atomic E-state index is -0.0858. The van der Waals surface area contributed by atoms with Crippen molar-refractivity contribution in [2.24, 2.45) is 11.8 Å². The third-order valence-electron chi connectivity index (χ3n) is 6.29. The summed E-state index contributed by atoms with van der Waals surface area (Å²) in [5.41, 5.74) is 6.59. The number of rotatable bonds is 5. The van der Waals surface area contributed by atoms with E-state index in [1.165, 1.54) is 11.1 Å². The van der Waals surface area contributed by atoms with Crippen LogP contribution in [0.25, 0.3) is 0 Å². The third-order valence-corrected chi connectivity index (χ3v) is 6.29. The van der Waals surface area contributed by atoms with Gasteiger partial charge in [-0.15, -0.1) is 0 Å². The van der Waals surface area contributed by atoms with Crippen molar-refractivity contribution in [2.75, 3.05) is 10.6 Å². The van der Waals surface area contributed by atoms with Crippen molar-refractivity contribution in [3.05, 3.63) is 58.7 Å². The molecule has 0 saturated carbocycles. The van der Waals surface area contributed by atoms with Gasteiger partial charge in [-0.1, -0.05) is 45.0 Å². The Morgan fingerprint density at radius 1 is 0.929 bits per heavy atom. The maximum absolute atomic E-state index is 12.6. The molecule has 1 unspecified atom stereocenters. The number of fused-ring (bicyclic) bond motifs is 2. The molecule has 146 valence electrons. The highest BCUT2D eigenvalue weighted by Crippen LogP contribution is 2.41. The second-order valence-electron chi connectivity index (χ2n) is 8.65. The Morgan fingerprint density at radius 2 is 1.64 bits per heavy atom. The molecule has 0 radical (unpaired) electrons. The van der Waals surface area contributed by atoms with Gasteiger partial charge in [0.15, 0.2) is 0 Å². The molecule has 0 spiro atoms. The average Bonchev–Trinajstić information content (AvgIpc) is 3.15. The fraction of sp³-hybridized carbons (Fsp3) is 0.417. The van der Waals surface area contributed by atoms with Crippen molar-refractivity contribution in [3.8, 4) is 0 Å². The molecule has 0 saturated heterocycles. The first kappa shape index (κ1) is 18.7. The van der Waals surface area contributed by atoms with Gasteiger partial charge in [-0.2, -0.15) is 0 Å². The lowest BCUT2D eigenvalue weighted by molar-refractivity contribution is -0.118. The molecule has 2 aliphatic rings. The van der Waals surface area contributed by atoms with Crippen LogP contribution in [0.4, 0.5) is 11.4 Å². The van der Waals surface area contributed by atoms with Gasteiger partial charge >= 0.3 is 0 Å². The Balaban J connectivity index is 1.51. The predicted octanol–water partition coefficient (Wildman–Crippen LogP) is 4.99. The third kappa shape index (κ3) is 3.11. The zero-order chi connectivity index (χ0) is 20.0. The summed E-state index contributed by atoms with van der Waals surface area (Å²) >= 11 is 0. The highest BCUT2D eigenvalue weighted by molar-refractivity contribution is 6.04. The fourth-order valence-corrected chi connectivity index (χ4v) is 4.80. The van der Waals surface area contributed by atoms with E-state index in [0.717, 1.165) is 35.3 Å². The van der Waals surface area contributed by atoms with Gasteiger partial charge in [0.1, 0.15) is 0 Å². The highest BCUT2D eigenvalue weighted by Gasteiger charge is 2.36. The van der Waals surface area contributed by atoms with Gasteiger partial charge in [-0.3, -0.25) is 9.59 Å². The molecule has 2 aromatic carbocycles. The second kappa shape index (κ2) is 7.08. The molecule has 2 heterocycles. The number of carbonyl (C=O) groups excluding carboxylic acids is 2. The molecule has 4 heteroatoms. The van der Waals surface area contributed by atoms with Crippen LogP contribution < -0.4 is 10.6 Å². The van der Waals surface area contributed by atoms with E-state index in [-0.39, 0.29) is 35.5 Å². The average molecular weight is 377 g/mol. The van der Waals surface area contributed by atoms with Gasteiger partial charge in [-0.05, 0) is 66.0 Å². The quantitative estimate of drug-likeness (QED) is 0.772. The minimum absolute atomic E-state index is 0.0671. The number of hydrogen-bond acceptors (Lipinski definition) is 2. The number of anilines is 2. The maximum atomic E-state index is 12.6. The van der Waals surface area contributed by atoms with E-state index in [1.807, 2.05) is 18.2 Å². The van der Waals surface area contributed by atoms with E-state index in [0.29, 0.717) is 0 Å². The molecular weight excluding hydrogens is 348 g/mol. The van der Waals surface area contributed by atoms with Crippen LogP contribution in [-0.2, 0) is 16.0 Å². The standard InChI is InChI=1S/C24H28N2O2/c1-13(2)20-17-12-16(10-11-18(17)25-23(20)27)9-8-15(4)22-21-14(3)6-5-7-19(21)26-24(22)28/h5-7,10-13,15,20,22H,8-9H2,1-4H3,(H,25,27)(H,26,28)/t15?,20-,22-/m1/s1.